The molecule has 2 fully saturated rings. The van der Waals surface area contributed by atoms with Crippen LogP contribution in [0.3, 0.4) is 0 Å². The largest absolute Gasteiger partial charge is 0.447 e. The maximum atomic E-state index is 12.6. The molecule has 20 heavy (non-hydrogen) atoms. The molecule has 4 heteroatoms. The summed E-state index contributed by atoms with van der Waals surface area (Å²) in [5.74, 6) is 0.678. The minimum Gasteiger partial charge on any atom is -0.447 e. The third-order valence-electron chi connectivity index (χ3n) is 4.79. The Labute approximate surface area is 121 Å². The molecule has 2 aliphatic rings. The summed E-state index contributed by atoms with van der Waals surface area (Å²) in [5, 5.41) is 0. The van der Waals surface area contributed by atoms with E-state index >= 15 is 0 Å². The number of hydrogen-bond donors (Lipinski definition) is 0. The molecule has 0 unspecified atom stereocenters. The Morgan fingerprint density at radius 1 is 1.45 bits per heavy atom. The van der Waals surface area contributed by atoms with Crippen molar-refractivity contribution in [1.29, 1.82) is 0 Å². The topological polar surface area (TPSA) is 46.6 Å². The molecule has 1 aliphatic carbocycles. The monoisotopic (exact) mass is 279 g/mol. The number of cyclic esters (lactones) is 1. The van der Waals surface area contributed by atoms with Crippen LogP contribution in [0.2, 0.25) is 0 Å². The molecular weight excluding hydrogens is 254 g/mol. The number of amides is 2. The molecule has 0 aromatic heterocycles. The van der Waals surface area contributed by atoms with Crippen LogP contribution < -0.4 is 0 Å². The Kier molecular flexibility index (Phi) is 5.21. The molecule has 0 N–H and O–H groups in total. The lowest BCUT2D eigenvalue weighted by molar-refractivity contribution is -0.134. The normalized spacial score (nSPS) is 23.2. The van der Waals surface area contributed by atoms with Gasteiger partial charge in [-0.2, -0.15) is 0 Å². The fourth-order valence-corrected chi connectivity index (χ4v) is 3.50. The van der Waals surface area contributed by atoms with E-state index < -0.39 is 6.09 Å². The van der Waals surface area contributed by atoms with Crippen LogP contribution in [0.4, 0.5) is 4.79 Å². The zero-order valence-electron chi connectivity index (χ0n) is 12.3. The van der Waals surface area contributed by atoms with Crippen molar-refractivity contribution in [3.8, 4) is 0 Å². The Balaban J connectivity index is 2.06. The molecule has 2 atom stereocenters. The van der Waals surface area contributed by atoms with Crippen molar-refractivity contribution in [1.82, 2.24) is 4.90 Å². The van der Waals surface area contributed by atoms with Gasteiger partial charge in [-0.1, -0.05) is 45.1 Å². The zero-order valence-corrected chi connectivity index (χ0v) is 12.3. The summed E-state index contributed by atoms with van der Waals surface area (Å²) in [5.41, 5.74) is 0. The predicted molar refractivity (Wildman–Crippen MR) is 77.1 cm³/mol. The van der Waals surface area contributed by atoms with Gasteiger partial charge in [-0.3, -0.25) is 4.79 Å². The standard InChI is InChI=1S/C16H25NO3/c1-3-7-14(12(2)13-8-5-4-6-9-13)15(18)17-10-11-20-16(17)19/h3,12-14H,1,4-11H2,2H3/t12-,14+/m0/s1. The van der Waals surface area contributed by atoms with E-state index in [0.29, 0.717) is 31.4 Å². The molecule has 1 aliphatic heterocycles. The van der Waals surface area contributed by atoms with E-state index in [1.165, 1.54) is 37.0 Å². The van der Waals surface area contributed by atoms with Crippen LogP contribution in [0.5, 0.6) is 0 Å². The van der Waals surface area contributed by atoms with E-state index in [1.807, 2.05) is 0 Å². The van der Waals surface area contributed by atoms with Crippen LogP contribution in [0, 0.1) is 17.8 Å². The lowest BCUT2D eigenvalue weighted by Crippen LogP contribution is -2.40. The third kappa shape index (κ3) is 3.22. The molecule has 112 valence electrons. The highest BCUT2D eigenvalue weighted by molar-refractivity contribution is 5.94. The van der Waals surface area contributed by atoms with Gasteiger partial charge in [-0.25, -0.2) is 9.69 Å². The molecule has 2 amide bonds. The number of nitrogens with zero attached hydrogens (tertiary/aromatic N) is 1. The number of ether oxygens (including phenoxy) is 1. The summed E-state index contributed by atoms with van der Waals surface area (Å²) >= 11 is 0. The number of carbonyl (C=O) groups excluding carboxylic acids is 2. The summed E-state index contributed by atoms with van der Waals surface area (Å²) in [6.45, 7) is 6.64. The highest BCUT2D eigenvalue weighted by Gasteiger charge is 2.37. The summed E-state index contributed by atoms with van der Waals surface area (Å²) in [6, 6.07) is 0. The van der Waals surface area contributed by atoms with Crippen molar-refractivity contribution >= 4 is 12.0 Å². The fraction of sp³-hybridized carbons (Fsp3) is 0.750. The van der Waals surface area contributed by atoms with Crippen molar-refractivity contribution in [2.24, 2.45) is 17.8 Å². The van der Waals surface area contributed by atoms with Gasteiger partial charge in [0.1, 0.15) is 6.61 Å². The van der Waals surface area contributed by atoms with E-state index in [9.17, 15) is 9.59 Å². The van der Waals surface area contributed by atoms with E-state index in [0.717, 1.165) is 0 Å². The second-order valence-electron chi connectivity index (χ2n) is 5.99. The van der Waals surface area contributed by atoms with Crippen LogP contribution in [-0.4, -0.2) is 30.1 Å². The lowest BCUT2D eigenvalue weighted by atomic mass is 9.73. The number of rotatable bonds is 5. The van der Waals surface area contributed by atoms with Crippen molar-refractivity contribution in [3.63, 3.8) is 0 Å². The van der Waals surface area contributed by atoms with Gasteiger partial charge >= 0.3 is 6.09 Å². The van der Waals surface area contributed by atoms with E-state index in [-0.39, 0.29) is 11.8 Å². The summed E-state index contributed by atoms with van der Waals surface area (Å²) in [4.78, 5) is 25.5. The average molecular weight is 279 g/mol. The number of carbonyl (C=O) groups is 2. The van der Waals surface area contributed by atoms with Crippen LogP contribution in [-0.2, 0) is 9.53 Å². The maximum Gasteiger partial charge on any atom is 0.416 e. The Morgan fingerprint density at radius 2 is 2.15 bits per heavy atom. The first-order valence-electron chi connectivity index (χ1n) is 7.74. The van der Waals surface area contributed by atoms with Gasteiger partial charge in [0, 0.05) is 5.92 Å². The van der Waals surface area contributed by atoms with Gasteiger partial charge in [-0.05, 0) is 18.3 Å². The quantitative estimate of drug-likeness (QED) is 0.725. The van der Waals surface area contributed by atoms with Gasteiger partial charge in [0.2, 0.25) is 5.91 Å². The molecule has 0 radical (unpaired) electrons. The van der Waals surface area contributed by atoms with Crippen LogP contribution in [0.25, 0.3) is 0 Å². The Bertz CT molecular complexity index is 374. The minimum atomic E-state index is -0.486. The van der Waals surface area contributed by atoms with Crippen LogP contribution >= 0.6 is 0 Å². The average Bonchev–Trinajstić information content (AvgIpc) is 2.90. The highest BCUT2D eigenvalue weighted by Crippen LogP contribution is 2.36. The van der Waals surface area contributed by atoms with Crippen molar-refractivity contribution < 1.29 is 14.3 Å². The number of imide groups is 1. The highest BCUT2D eigenvalue weighted by atomic mass is 16.6. The molecular formula is C16H25NO3. The summed E-state index contributed by atoms with van der Waals surface area (Å²) in [6.07, 6.45) is 8.18. The fourth-order valence-electron chi connectivity index (χ4n) is 3.50. The van der Waals surface area contributed by atoms with E-state index in [2.05, 4.69) is 13.5 Å². The summed E-state index contributed by atoms with van der Waals surface area (Å²) < 4.78 is 4.88. The van der Waals surface area contributed by atoms with E-state index in [4.69, 9.17) is 4.74 Å². The van der Waals surface area contributed by atoms with Gasteiger partial charge in [-0.15, -0.1) is 6.58 Å². The zero-order chi connectivity index (χ0) is 14.5. The smallest absolute Gasteiger partial charge is 0.416 e. The molecule has 0 aromatic rings. The molecule has 2 rings (SSSR count). The second-order valence-corrected chi connectivity index (χ2v) is 5.99. The molecule has 4 nitrogen and oxygen atoms in total. The molecule has 0 bridgehead atoms. The minimum absolute atomic E-state index is 0.0783. The molecule has 1 heterocycles. The molecule has 0 aromatic carbocycles. The molecule has 1 saturated heterocycles. The van der Waals surface area contributed by atoms with Crippen LogP contribution in [0.15, 0.2) is 12.7 Å². The van der Waals surface area contributed by atoms with Crippen LogP contribution in [0.1, 0.15) is 45.4 Å². The van der Waals surface area contributed by atoms with Gasteiger partial charge in [0.25, 0.3) is 0 Å². The van der Waals surface area contributed by atoms with Crippen molar-refractivity contribution in [2.45, 2.75) is 45.4 Å². The third-order valence-corrected chi connectivity index (χ3v) is 4.79. The lowest BCUT2D eigenvalue weighted by Gasteiger charge is -2.33. The molecule has 0 spiro atoms. The number of allylic oxidation sites excluding steroid dienone is 1. The SMILES string of the molecule is C=CC[C@@H](C(=O)N1CCOC1=O)[C@@H](C)C1CCCCC1. The van der Waals surface area contributed by atoms with Gasteiger partial charge in [0.15, 0.2) is 0 Å². The van der Waals surface area contributed by atoms with Crippen molar-refractivity contribution in [2.75, 3.05) is 13.2 Å². The molecule has 1 saturated carbocycles. The summed E-state index contributed by atoms with van der Waals surface area (Å²) in [7, 11) is 0. The first-order chi connectivity index (χ1) is 9.65. The van der Waals surface area contributed by atoms with E-state index in [1.54, 1.807) is 6.08 Å². The van der Waals surface area contributed by atoms with Crippen molar-refractivity contribution in [3.05, 3.63) is 12.7 Å². The first-order valence-corrected chi connectivity index (χ1v) is 7.74. The Hall–Kier alpha value is -1.32. The maximum absolute atomic E-state index is 12.6. The Morgan fingerprint density at radius 3 is 2.70 bits per heavy atom. The number of hydrogen-bond acceptors (Lipinski definition) is 3. The van der Waals surface area contributed by atoms with Gasteiger partial charge in [0.05, 0.1) is 6.54 Å². The van der Waals surface area contributed by atoms with Gasteiger partial charge < -0.3 is 4.74 Å². The first kappa shape index (κ1) is 15.1. The second kappa shape index (κ2) is 6.91. The predicted octanol–water partition coefficient (Wildman–Crippen LogP) is 3.37.